The topological polar surface area (TPSA) is 101 Å². The molecule has 0 saturated carbocycles. The maximum absolute atomic E-state index is 12.9. The van der Waals surface area contributed by atoms with Gasteiger partial charge in [-0.05, 0) is 57.4 Å². The Balaban J connectivity index is 1.48. The predicted molar refractivity (Wildman–Crippen MR) is 160 cm³/mol. The number of rotatable bonds is 11. The second-order valence-electron chi connectivity index (χ2n) is 10.2. The molecular weight excluding hydrogens is 485 g/mol. The van der Waals surface area contributed by atoms with Crippen LogP contribution >= 0.6 is 0 Å². The Labute approximate surface area is 231 Å². The van der Waals surface area contributed by atoms with Crippen molar-refractivity contribution in [1.82, 2.24) is 24.8 Å². The first-order chi connectivity index (χ1) is 18.6. The number of fused-ring (bicyclic) bond motifs is 1. The number of anilines is 2. The minimum Gasteiger partial charge on any atom is -0.399 e. The number of aromatic nitrogens is 3. The molecule has 0 fully saturated rings. The molecule has 2 heterocycles. The van der Waals surface area contributed by atoms with Crippen molar-refractivity contribution in [3.05, 3.63) is 90.2 Å². The zero-order valence-corrected chi connectivity index (χ0v) is 23.0. The molecule has 1 amide bonds. The average Bonchev–Trinajstić information content (AvgIpc) is 3.26. The number of nitrogens with two attached hydrogens (primary N) is 1. The van der Waals surface area contributed by atoms with Gasteiger partial charge in [-0.25, -0.2) is 9.97 Å². The van der Waals surface area contributed by atoms with Crippen molar-refractivity contribution in [2.45, 2.75) is 46.2 Å². The quantitative estimate of drug-likeness (QED) is 0.319. The SMILES string of the molecule is [B]C1=C(C)CCC=C1CNC(=O)CN(C(=C)Cn1cc(C(=C)N)c2cc(Nc3cncnc3)ccc21)C(C)C. The van der Waals surface area contributed by atoms with E-state index in [-0.39, 0.29) is 18.5 Å². The van der Waals surface area contributed by atoms with E-state index in [2.05, 4.69) is 58.2 Å². The number of hydrogen-bond acceptors (Lipinski definition) is 6. The summed E-state index contributed by atoms with van der Waals surface area (Å²) < 4.78 is 2.09. The lowest BCUT2D eigenvalue weighted by atomic mass is 9.79. The normalized spacial score (nSPS) is 13.4. The highest BCUT2D eigenvalue weighted by Gasteiger charge is 2.19. The fourth-order valence-electron chi connectivity index (χ4n) is 4.79. The van der Waals surface area contributed by atoms with E-state index in [0.29, 0.717) is 18.8 Å². The summed E-state index contributed by atoms with van der Waals surface area (Å²) in [6.07, 6.45) is 10.9. The molecule has 2 radical (unpaired) electrons. The van der Waals surface area contributed by atoms with Crippen LogP contribution in [-0.4, -0.2) is 52.3 Å². The third kappa shape index (κ3) is 6.60. The van der Waals surface area contributed by atoms with Crippen LogP contribution in [0.4, 0.5) is 11.4 Å². The highest BCUT2D eigenvalue weighted by atomic mass is 16.2. The zero-order valence-electron chi connectivity index (χ0n) is 23.0. The molecule has 0 aliphatic heterocycles. The van der Waals surface area contributed by atoms with Gasteiger partial charge in [-0.2, -0.15) is 0 Å². The third-order valence-corrected chi connectivity index (χ3v) is 6.96. The molecule has 8 nitrogen and oxygen atoms in total. The van der Waals surface area contributed by atoms with Gasteiger partial charge in [-0.15, -0.1) is 0 Å². The maximum atomic E-state index is 12.9. The van der Waals surface area contributed by atoms with Crippen LogP contribution in [0.3, 0.4) is 0 Å². The summed E-state index contributed by atoms with van der Waals surface area (Å²) in [7, 11) is 6.22. The Morgan fingerprint density at radius 1 is 1.23 bits per heavy atom. The summed E-state index contributed by atoms with van der Waals surface area (Å²) in [6, 6.07) is 6.14. The number of amides is 1. The van der Waals surface area contributed by atoms with E-state index in [1.54, 1.807) is 12.4 Å². The molecule has 0 atom stereocenters. The molecule has 1 aromatic carbocycles. The second-order valence-corrected chi connectivity index (χ2v) is 10.2. The molecule has 9 heteroatoms. The van der Waals surface area contributed by atoms with E-state index in [0.717, 1.165) is 57.4 Å². The smallest absolute Gasteiger partial charge is 0.239 e. The molecule has 39 heavy (non-hydrogen) atoms. The van der Waals surface area contributed by atoms with Crippen molar-refractivity contribution in [2.24, 2.45) is 5.73 Å². The standard InChI is InChI=1S/C30H36BN7O/c1-19(2)38(17-29(39)35-12-23-8-6-7-20(3)30(23)31)21(4)15-37-16-27(22(5)32)26-11-24(9-10-28(26)37)36-25-13-33-18-34-14-25/h8-11,13-14,16,18-19,36H,4-7,12,15,17,32H2,1-3H3,(H,35,39). The minimum atomic E-state index is -0.0734. The van der Waals surface area contributed by atoms with Crippen LogP contribution in [0, 0.1) is 0 Å². The Kier molecular flexibility index (Phi) is 8.59. The molecule has 0 bridgehead atoms. The molecule has 0 unspecified atom stereocenters. The van der Waals surface area contributed by atoms with Gasteiger partial charge in [0.15, 0.2) is 0 Å². The molecule has 4 rings (SSSR count). The van der Waals surface area contributed by atoms with Crippen LogP contribution in [0.25, 0.3) is 16.6 Å². The van der Waals surface area contributed by atoms with Gasteiger partial charge >= 0.3 is 0 Å². The molecule has 1 aliphatic carbocycles. The van der Waals surface area contributed by atoms with E-state index in [1.807, 2.05) is 36.2 Å². The van der Waals surface area contributed by atoms with Crippen molar-refractivity contribution >= 4 is 41.7 Å². The number of hydrogen-bond donors (Lipinski definition) is 3. The van der Waals surface area contributed by atoms with E-state index < -0.39 is 0 Å². The molecule has 0 saturated heterocycles. The van der Waals surface area contributed by atoms with Crippen molar-refractivity contribution in [3.8, 4) is 0 Å². The van der Waals surface area contributed by atoms with Gasteiger partial charge in [0.25, 0.3) is 0 Å². The van der Waals surface area contributed by atoms with Crippen LogP contribution in [0.1, 0.15) is 39.2 Å². The monoisotopic (exact) mass is 521 g/mol. The summed E-state index contributed by atoms with van der Waals surface area (Å²) in [4.78, 5) is 23.0. The van der Waals surface area contributed by atoms with Crippen LogP contribution in [0.5, 0.6) is 0 Å². The van der Waals surface area contributed by atoms with Crippen molar-refractivity contribution in [1.29, 1.82) is 0 Å². The molecule has 3 aromatic rings. The Morgan fingerprint density at radius 2 is 1.97 bits per heavy atom. The van der Waals surface area contributed by atoms with E-state index in [1.165, 1.54) is 11.9 Å². The number of benzene rings is 1. The molecule has 200 valence electrons. The lowest BCUT2D eigenvalue weighted by Gasteiger charge is -2.30. The summed E-state index contributed by atoms with van der Waals surface area (Å²) in [5.41, 5.74) is 13.9. The molecule has 4 N–H and O–H groups in total. The highest BCUT2D eigenvalue weighted by molar-refractivity contribution is 6.25. The summed E-state index contributed by atoms with van der Waals surface area (Å²) in [5.74, 6) is -0.0734. The second kappa shape index (κ2) is 12.1. The lowest BCUT2D eigenvalue weighted by Crippen LogP contribution is -2.41. The van der Waals surface area contributed by atoms with Gasteiger partial charge in [-0.1, -0.05) is 30.3 Å². The van der Waals surface area contributed by atoms with Crippen molar-refractivity contribution in [3.63, 3.8) is 0 Å². The number of carbonyl (C=O) groups excluding carboxylic acids is 1. The lowest BCUT2D eigenvalue weighted by molar-refractivity contribution is -0.122. The summed E-state index contributed by atoms with van der Waals surface area (Å²) >= 11 is 0. The zero-order chi connectivity index (χ0) is 28.1. The fourth-order valence-corrected chi connectivity index (χ4v) is 4.79. The molecule has 2 aromatic heterocycles. The van der Waals surface area contributed by atoms with Crippen LogP contribution in [-0.2, 0) is 11.3 Å². The Hall–Kier alpha value is -4.27. The van der Waals surface area contributed by atoms with Crippen molar-refractivity contribution in [2.75, 3.05) is 18.4 Å². The first kappa shape index (κ1) is 27.8. The fraction of sp³-hybridized carbons (Fsp3) is 0.300. The highest BCUT2D eigenvalue weighted by Crippen LogP contribution is 2.30. The van der Waals surface area contributed by atoms with Crippen LogP contribution in [0.15, 0.2) is 84.7 Å². The van der Waals surface area contributed by atoms with Crippen LogP contribution in [0.2, 0.25) is 0 Å². The summed E-state index contributed by atoms with van der Waals surface area (Å²) in [5, 5.41) is 7.31. The van der Waals surface area contributed by atoms with Gasteiger partial charge in [-0.3, -0.25) is 4.79 Å². The van der Waals surface area contributed by atoms with E-state index >= 15 is 0 Å². The first-order valence-corrected chi connectivity index (χ1v) is 13.1. The van der Waals surface area contributed by atoms with Gasteiger partial charge in [0.2, 0.25) is 5.91 Å². The van der Waals surface area contributed by atoms with Gasteiger partial charge < -0.3 is 25.8 Å². The third-order valence-electron chi connectivity index (χ3n) is 6.96. The van der Waals surface area contributed by atoms with Gasteiger partial charge in [0.05, 0.1) is 31.2 Å². The summed E-state index contributed by atoms with van der Waals surface area (Å²) in [6.45, 7) is 15.6. The van der Waals surface area contributed by atoms with Crippen LogP contribution < -0.4 is 16.4 Å². The number of nitrogens with zero attached hydrogens (tertiary/aromatic N) is 4. The maximum Gasteiger partial charge on any atom is 0.239 e. The Bertz CT molecular complexity index is 1450. The molecule has 1 aliphatic rings. The van der Waals surface area contributed by atoms with E-state index in [9.17, 15) is 4.79 Å². The number of nitrogens with one attached hydrogen (secondary N) is 2. The number of allylic oxidation sites excluding steroid dienone is 3. The van der Waals surface area contributed by atoms with Crippen molar-refractivity contribution < 1.29 is 4.79 Å². The first-order valence-electron chi connectivity index (χ1n) is 13.1. The minimum absolute atomic E-state index is 0.0734. The Morgan fingerprint density at radius 3 is 2.67 bits per heavy atom. The van der Waals surface area contributed by atoms with E-state index in [4.69, 9.17) is 13.6 Å². The average molecular weight is 521 g/mol. The number of carbonyl (C=O) groups is 1. The van der Waals surface area contributed by atoms with Gasteiger partial charge in [0, 0.05) is 52.3 Å². The van der Waals surface area contributed by atoms with Gasteiger partial charge in [0.1, 0.15) is 14.2 Å². The molecule has 0 spiro atoms. The molecular formula is C30H36BN7O. The largest absolute Gasteiger partial charge is 0.399 e. The predicted octanol–water partition coefficient (Wildman–Crippen LogP) is 4.61.